The lowest BCUT2D eigenvalue weighted by atomic mass is 10.2. The Morgan fingerprint density at radius 3 is 2.45 bits per heavy atom. The highest BCUT2D eigenvalue weighted by molar-refractivity contribution is 5.50. The van der Waals surface area contributed by atoms with E-state index >= 15 is 0 Å². The van der Waals surface area contributed by atoms with Crippen molar-refractivity contribution in [2.24, 2.45) is 0 Å². The van der Waals surface area contributed by atoms with Crippen molar-refractivity contribution in [3.63, 3.8) is 0 Å². The van der Waals surface area contributed by atoms with Crippen molar-refractivity contribution in [3.8, 4) is 0 Å². The van der Waals surface area contributed by atoms with E-state index < -0.39 is 0 Å². The molecule has 3 aromatic rings. The van der Waals surface area contributed by atoms with Crippen molar-refractivity contribution in [1.29, 1.82) is 0 Å². The number of hydrogen-bond acceptors (Lipinski definition) is 5. The van der Waals surface area contributed by atoms with Gasteiger partial charge < -0.3 is 19.3 Å². The number of morpholine rings is 1. The number of ether oxygens (including phenoxy) is 1. The summed E-state index contributed by atoms with van der Waals surface area (Å²) in [5, 5.41) is 3.98. The fourth-order valence-electron chi connectivity index (χ4n) is 4.40. The standard InChI is InChI=1S/C25H29N5O3/c1-2-6-21-27-18(23(17-9-10-17)30(21)22-15-33-12-11-26-22)14-20-25(32)28-19(24(31)29-20)13-16-7-4-3-5-8-16/h3-5,7-8,13-14,17,22,26H,2,6,9-12,15H2,1H3,(H,28,32)(H,29,31)/b19-13-,20-14-. The highest BCUT2D eigenvalue weighted by atomic mass is 16.5. The van der Waals surface area contributed by atoms with Crippen LogP contribution in [0.2, 0.25) is 0 Å². The normalized spacial score (nSPS) is 19.8. The van der Waals surface area contributed by atoms with Gasteiger partial charge in [0.05, 0.1) is 18.9 Å². The minimum atomic E-state index is -0.343. The quantitative estimate of drug-likeness (QED) is 0.520. The smallest absolute Gasteiger partial charge is 0.272 e. The summed E-state index contributed by atoms with van der Waals surface area (Å²) in [5.74, 6) is 1.40. The number of nitrogens with zero attached hydrogens (tertiary/aromatic N) is 2. The zero-order valence-corrected chi connectivity index (χ0v) is 18.8. The molecule has 2 aliphatic rings. The van der Waals surface area contributed by atoms with Gasteiger partial charge in [-0.2, -0.15) is 0 Å². The maximum absolute atomic E-state index is 12.9. The van der Waals surface area contributed by atoms with Crippen LogP contribution in [-0.4, -0.2) is 39.3 Å². The van der Waals surface area contributed by atoms with Gasteiger partial charge in [-0.05, 0) is 37.0 Å². The maximum Gasteiger partial charge on any atom is 0.272 e. The monoisotopic (exact) mass is 447 g/mol. The number of hydrogen-bond donors (Lipinski definition) is 3. The van der Waals surface area contributed by atoms with E-state index in [1.807, 2.05) is 30.3 Å². The van der Waals surface area contributed by atoms with Crippen LogP contribution in [-0.2, 0) is 11.2 Å². The van der Waals surface area contributed by atoms with E-state index in [2.05, 4.69) is 26.8 Å². The lowest BCUT2D eigenvalue weighted by molar-refractivity contribution is 0.0511. The molecule has 1 aromatic carbocycles. The third-order valence-electron chi connectivity index (χ3n) is 6.08. The van der Waals surface area contributed by atoms with E-state index in [1.54, 1.807) is 12.2 Å². The Kier molecular flexibility index (Phi) is 6.11. The first-order valence-corrected chi connectivity index (χ1v) is 11.7. The van der Waals surface area contributed by atoms with E-state index in [-0.39, 0.29) is 28.0 Å². The highest BCUT2D eigenvalue weighted by Gasteiger charge is 2.34. The van der Waals surface area contributed by atoms with Gasteiger partial charge in [0, 0.05) is 24.6 Å². The summed E-state index contributed by atoms with van der Waals surface area (Å²) in [4.78, 5) is 36.0. The van der Waals surface area contributed by atoms with Gasteiger partial charge in [-0.15, -0.1) is 0 Å². The molecule has 172 valence electrons. The lowest BCUT2D eigenvalue weighted by Gasteiger charge is -2.28. The van der Waals surface area contributed by atoms with Crippen LogP contribution in [0, 0.1) is 0 Å². The summed E-state index contributed by atoms with van der Waals surface area (Å²) in [6.07, 6.45) is 7.43. The van der Waals surface area contributed by atoms with Crippen LogP contribution in [0.4, 0.5) is 0 Å². The van der Waals surface area contributed by atoms with Crippen molar-refractivity contribution < 1.29 is 4.74 Å². The maximum atomic E-state index is 12.9. The molecule has 1 saturated heterocycles. The molecular weight excluding hydrogens is 418 g/mol. The van der Waals surface area contributed by atoms with Gasteiger partial charge in [0.1, 0.15) is 22.7 Å². The number of nitrogens with one attached hydrogen (secondary N) is 3. The molecule has 1 aliphatic heterocycles. The van der Waals surface area contributed by atoms with Crippen molar-refractivity contribution >= 4 is 12.2 Å². The first-order chi connectivity index (χ1) is 16.1. The molecule has 3 N–H and O–H groups in total. The Hall–Kier alpha value is -3.23. The molecule has 33 heavy (non-hydrogen) atoms. The number of imidazole rings is 1. The van der Waals surface area contributed by atoms with Crippen molar-refractivity contribution in [2.75, 3.05) is 19.8 Å². The number of aryl methyl sites for hydroxylation is 1. The molecule has 2 aromatic heterocycles. The average molecular weight is 448 g/mol. The van der Waals surface area contributed by atoms with Crippen LogP contribution < -0.4 is 27.1 Å². The summed E-state index contributed by atoms with van der Waals surface area (Å²) in [7, 11) is 0. The Morgan fingerprint density at radius 1 is 1.09 bits per heavy atom. The Labute approximate surface area is 191 Å². The minimum absolute atomic E-state index is 0.0331. The molecule has 8 nitrogen and oxygen atoms in total. The molecule has 3 heterocycles. The molecule has 0 spiro atoms. The molecule has 0 amide bonds. The first kappa shape index (κ1) is 21.6. The molecule has 8 heteroatoms. The van der Waals surface area contributed by atoms with Crippen LogP contribution in [0.3, 0.4) is 0 Å². The molecule has 0 bridgehead atoms. The van der Waals surface area contributed by atoms with Gasteiger partial charge >= 0.3 is 0 Å². The number of benzene rings is 1. The fraction of sp³-hybridized carbons (Fsp3) is 0.400. The molecule has 5 rings (SSSR count). The number of aromatic amines is 2. The molecule has 2 fully saturated rings. The molecule has 1 unspecified atom stereocenters. The second kappa shape index (κ2) is 9.33. The highest BCUT2D eigenvalue weighted by Crippen LogP contribution is 2.43. The molecule has 1 atom stereocenters. The Balaban J connectivity index is 1.62. The van der Waals surface area contributed by atoms with E-state index in [0.717, 1.165) is 55.0 Å². The van der Waals surface area contributed by atoms with Gasteiger partial charge in [-0.1, -0.05) is 37.3 Å². The summed E-state index contributed by atoms with van der Waals surface area (Å²) in [6.45, 7) is 4.22. The number of H-pyrrole nitrogens is 2. The van der Waals surface area contributed by atoms with Gasteiger partial charge in [0.2, 0.25) is 0 Å². The molecule has 1 saturated carbocycles. The van der Waals surface area contributed by atoms with Crippen LogP contribution in [0.5, 0.6) is 0 Å². The summed E-state index contributed by atoms with van der Waals surface area (Å²) in [5.41, 5.74) is 2.05. The van der Waals surface area contributed by atoms with Crippen molar-refractivity contribution in [2.45, 2.75) is 44.7 Å². The summed E-state index contributed by atoms with van der Waals surface area (Å²) < 4.78 is 8.00. The second-order valence-electron chi connectivity index (χ2n) is 8.67. The minimum Gasteiger partial charge on any atom is -0.377 e. The largest absolute Gasteiger partial charge is 0.377 e. The van der Waals surface area contributed by atoms with E-state index in [4.69, 9.17) is 9.72 Å². The van der Waals surface area contributed by atoms with E-state index in [0.29, 0.717) is 19.1 Å². The van der Waals surface area contributed by atoms with Crippen LogP contribution in [0.25, 0.3) is 12.2 Å². The predicted molar refractivity (Wildman–Crippen MR) is 127 cm³/mol. The number of rotatable bonds is 6. The van der Waals surface area contributed by atoms with E-state index in [1.165, 1.54) is 0 Å². The van der Waals surface area contributed by atoms with Gasteiger partial charge in [0.25, 0.3) is 11.1 Å². The Morgan fingerprint density at radius 2 is 1.82 bits per heavy atom. The zero-order valence-electron chi connectivity index (χ0n) is 18.8. The van der Waals surface area contributed by atoms with Gasteiger partial charge in [-0.25, -0.2) is 4.98 Å². The van der Waals surface area contributed by atoms with Crippen LogP contribution >= 0.6 is 0 Å². The first-order valence-electron chi connectivity index (χ1n) is 11.7. The Bertz CT molecular complexity index is 1360. The lowest BCUT2D eigenvalue weighted by Crippen LogP contribution is -2.46. The summed E-state index contributed by atoms with van der Waals surface area (Å²) >= 11 is 0. The molecule has 0 radical (unpaired) electrons. The zero-order chi connectivity index (χ0) is 22.8. The SMILES string of the molecule is CCCc1nc(/C=c2\[nH]c(=O)/c(=C/c3ccccc3)[nH]c2=O)c(C2CC2)n1C1COCCN1. The predicted octanol–water partition coefficient (Wildman–Crippen LogP) is 0.866. The fourth-order valence-corrected chi connectivity index (χ4v) is 4.40. The van der Waals surface area contributed by atoms with Crippen LogP contribution in [0.1, 0.15) is 61.0 Å². The van der Waals surface area contributed by atoms with Gasteiger partial charge in [0.15, 0.2) is 0 Å². The van der Waals surface area contributed by atoms with Gasteiger partial charge in [-0.3, -0.25) is 14.9 Å². The van der Waals surface area contributed by atoms with Crippen LogP contribution in [0.15, 0.2) is 39.9 Å². The topological polar surface area (TPSA) is 105 Å². The second-order valence-corrected chi connectivity index (χ2v) is 8.67. The van der Waals surface area contributed by atoms with Crippen molar-refractivity contribution in [3.05, 3.63) is 84.5 Å². The average Bonchev–Trinajstić information content (AvgIpc) is 3.61. The summed E-state index contributed by atoms with van der Waals surface area (Å²) in [6, 6.07) is 9.43. The molecular formula is C25H29N5O3. The third-order valence-corrected chi connectivity index (χ3v) is 6.08. The third kappa shape index (κ3) is 4.62. The molecule has 1 aliphatic carbocycles. The number of aromatic nitrogens is 4. The van der Waals surface area contributed by atoms with Crippen molar-refractivity contribution in [1.82, 2.24) is 24.8 Å². The van der Waals surface area contributed by atoms with E-state index in [9.17, 15) is 9.59 Å².